The van der Waals surface area contributed by atoms with Gasteiger partial charge in [-0.1, -0.05) is 33.1 Å². The van der Waals surface area contributed by atoms with Crippen LogP contribution in [0.4, 0.5) is 0 Å². The van der Waals surface area contributed by atoms with Crippen LogP contribution in [-0.4, -0.2) is 47.1 Å². The Balaban J connectivity index is 2.68. The van der Waals surface area contributed by atoms with E-state index in [1.54, 1.807) is 4.90 Å². The smallest absolute Gasteiger partial charge is 0.330 e. The monoisotopic (exact) mass is 256 g/mol. The molecule has 0 spiro atoms. The number of carbonyl (C=O) groups is 2. The summed E-state index contributed by atoms with van der Waals surface area (Å²) in [6.07, 6.45) is 5.05. The normalized spacial score (nSPS) is 24.3. The number of unbranched alkanes of at least 4 members (excludes halogenated alkanes) is 2. The summed E-state index contributed by atoms with van der Waals surface area (Å²) in [6, 6.07) is -0.903. The summed E-state index contributed by atoms with van der Waals surface area (Å²) in [5, 5.41) is 11.8. The van der Waals surface area contributed by atoms with E-state index in [1.165, 1.54) is 0 Å². The van der Waals surface area contributed by atoms with Gasteiger partial charge in [0.15, 0.2) is 6.04 Å². The minimum Gasteiger partial charge on any atom is -0.480 e. The molecule has 1 saturated heterocycles. The predicted octanol–water partition coefficient (Wildman–Crippen LogP) is 1.23. The van der Waals surface area contributed by atoms with Crippen molar-refractivity contribution in [2.75, 3.05) is 13.1 Å². The first-order valence-electron chi connectivity index (χ1n) is 6.88. The summed E-state index contributed by atoms with van der Waals surface area (Å²) in [5.41, 5.74) is 0. The molecular weight excluding hydrogens is 232 g/mol. The number of hydrogen-bond acceptors (Lipinski definition) is 3. The van der Waals surface area contributed by atoms with Crippen molar-refractivity contribution >= 4 is 11.9 Å². The quantitative estimate of drug-likeness (QED) is 0.672. The third-order valence-electron chi connectivity index (χ3n) is 3.42. The number of aliphatic carboxylic acids is 1. The van der Waals surface area contributed by atoms with E-state index in [2.05, 4.69) is 19.2 Å². The van der Waals surface area contributed by atoms with E-state index in [0.29, 0.717) is 13.1 Å². The molecule has 0 radical (unpaired) electrons. The molecule has 1 aliphatic heterocycles. The fourth-order valence-electron chi connectivity index (χ4n) is 2.31. The Hall–Kier alpha value is -1.10. The molecule has 1 heterocycles. The van der Waals surface area contributed by atoms with Crippen LogP contribution in [0.15, 0.2) is 0 Å². The molecule has 0 bridgehead atoms. The number of amides is 1. The van der Waals surface area contributed by atoms with Gasteiger partial charge in [-0.3, -0.25) is 10.1 Å². The number of carbonyl (C=O) groups excluding carboxylic acids is 1. The van der Waals surface area contributed by atoms with Crippen molar-refractivity contribution in [1.29, 1.82) is 0 Å². The highest BCUT2D eigenvalue weighted by molar-refractivity contribution is 6.01. The van der Waals surface area contributed by atoms with Crippen LogP contribution in [-0.2, 0) is 9.59 Å². The highest BCUT2D eigenvalue weighted by atomic mass is 16.4. The number of hydrogen-bond donors (Lipinski definition) is 2. The van der Waals surface area contributed by atoms with Gasteiger partial charge in [0.2, 0.25) is 0 Å². The van der Waals surface area contributed by atoms with Crippen LogP contribution in [0.1, 0.15) is 46.0 Å². The molecule has 5 heteroatoms. The van der Waals surface area contributed by atoms with Gasteiger partial charge in [0, 0.05) is 19.1 Å². The number of carboxylic acids is 1. The minimum atomic E-state index is -1.07. The van der Waals surface area contributed by atoms with E-state index in [1.807, 2.05) is 0 Å². The molecule has 0 saturated carbocycles. The maximum atomic E-state index is 12.1. The SMILES string of the molecule is CCCCC1CNC(C(=O)O)C(=O)N1CCCC. The van der Waals surface area contributed by atoms with Gasteiger partial charge in [-0.25, -0.2) is 4.79 Å². The number of carboxylic acid groups (broad SMARTS) is 1. The van der Waals surface area contributed by atoms with E-state index in [9.17, 15) is 9.59 Å². The second kappa shape index (κ2) is 7.36. The molecule has 5 nitrogen and oxygen atoms in total. The van der Waals surface area contributed by atoms with Gasteiger partial charge in [-0.2, -0.15) is 0 Å². The van der Waals surface area contributed by atoms with Crippen LogP contribution in [0.2, 0.25) is 0 Å². The average Bonchev–Trinajstić information content (AvgIpc) is 2.34. The molecule has 1 fully saturated rings. The Morgan fingerprint density at radius 3 is 2.61 bits per heavy atom. The Labute approximate surface area is 109 Å². The average molecular weight is 256 g/mol. The Morgan fingerprint density at radius 2 is 2.06 bits per heavy atom. The predicted molar refractivity (Wildman–Crippen MR) is 69.4 cm³/mol. The molecule has 1 aliphatic rings. The third kappa shape index (κ3) is 3.70. The molecule has 104 valence electrons. The standard InChI is InChI=1S/C13H24N2O3/c1-3-5-7-10-9-14-11(13(17)18)12(16)15(10)8-6-4-2/h10-11,14H,3-9H2,1-2H3,(H,17,18). The first-order chi connectivity index (χ1) is 8.61. The van der Waals surface area contributed by atoms with Gasteiger partial charge in [0.05, 0.1) is 0 Å². The molecule has 1 rings (SSSR count). The van der Waals surface area contributed by atoms with E-state index < -0.39 is 12.0 Å². The van der Waals surface area contributed by atoms with Crippen molar-refractivity contribution in [2.45, 2.75) is 58.0 Å². The molecule has 0 aliphatic carbocycles. The maximum Gasteiger partial charge on any atom is 0.330 e. The number of piperazine rings is 1. The fourth-order valence-corrected chi connectivity index (χ4v) is 2.31. The van der Waals surface area contributed by atoms with Crippen LogP contribution < -0.4 is 5.32 Å². The second-order valence-electron chi connectivity index (χ2n) is 4.86. The van der Waals surface area contributed by atoms with Crippen molar-refractivity contribution in [3.63, 3.8) is 0 Å². The lowest BCUT2D eigenvalue weighted by Gasteiger charge is -2.39. The molecule has 2 N–H and O–H groups in total. The van der Waals surface area contributed by atoms with Crippen molar-refractivity contribution in [3.8, 4) is 0 Å². The zero-order chi connectivity index (χ0) is 13.5. The molecule has 0 aromatic heterocycles. The zero-order valence-electron chi connectivity index (χ0n) is 11.3. The second-order valence-corrected chi connectivity index (χ2v) is 4.86. The Kier molecular flexibility index (Phi) is 6.12. The van der Waals surface area contributed by atoms with Gasteiger partial charge in [0.1, 0.15) is 0 Å². The molecule has 1 amide bonds. The fraction of sp³-hybridized carbons (Fsp3) is 0.846. The largest absolute Gasteiger partial charge is 0.480 e. The molecular formula is C13H24N2O3. The van der Waals surface area contributed by atoms with Crippen LogP contribution in [0.5, 0.6) is 0 Å². The first-order valence-corrected chi connectivity index (χ1v) is 6.88. The lowest BCUT2D eigenvalue weighted by molar-refractivity contribution is -0.151. The summed E-state index contributed by atoms with van der Waals surface area (Å²) in [4.78, 5) is 24.9. The summed E-state index contributed by atoms with van der Waals surface area (Å²) in [6.45, 7) is 5.46. The van der Waals surface area contributed by atoms with Crippen molar-refractivity contribution in [3.05, 3.63) is 0 Å². The number of nitrogens with zero attached hydrogens (tertiary/aromatic N) is 1. The van der Waals surface area contributed by atoms with Crippen molar-refractivity contribution < 1.29 is 14.7 Å². The van der Waals surface area contributed by atoms with Crippen LogP contribution in [0, 0.1) is 0 Å². The third-order valence-corrected chi connectivity index (χ3v) is 3.42. The van der Waals surface area contributed by atoms with E-state index in [4.69, 9.17) is 5.11 Å². The summed E-state index contributed by atoms with van der Waals surface area (Å²) in [7, 11) is 0. The molecule has 0 aromatic rings. The topological polar surface area (TPSA) is 69.6 Å². The summed E-state index contributed by atoms with van der Waals surface area (Å²) in [5.74, 6) is -1.35. The van der Waals surface area contributed by atoms with Crippen LogP contribution in [0.3, 0.4) is 0 Å². The minimum absolute atomic E-state index is 0.152. The van der Waals surface area contributed by atoms with Gasteiger partial charge in [-0.05, 0) is 12.8 Å². The highest BCUT2D eigenvalue weighted by Gasteiger charge is 2.38. The lowest BCUT2D eigenvalue weighted by atomic mass is 10.0. The van der Waals surface area contributed by atoms with Crippen molar-refractivity contribution in [1.82, 2.24) is 10.2 Å². The van der Waals surface area contributed by atoms with E-state index in [0.717, 1.165) is 32.1 Å². The highest BCUT2D eigenvalue weighted by Crippen LogP contribution is 2.15. The molecule has 18 heavy (non-hydrogen) atoms. The first kappa shape index (κ1) is 15.0. The van der Waals surface area contributed by atoms with Crippen LogP contribution in [0.25, 0.3) is 0 Å². The Morgan fingerprint density at radius 1 is 1.39 bits per heavy atom. The lowest BCUT2D eigenvalue weighted by Crippen LogP contribution is -2.62. The van der Waals surface area contributed by atoms with Gasteiger partial charge in [-0.15, -0.1) is 0 Å². The summed E-state index contributed by atoms with van der Waals surface area (Å²) >= 11 is 0. The Bertz CT molecular complexity index is 294. The van der Waals surface area contributed by atoms with Gasteiger partial charge < -0.3 is 10.0 Å². The van der Waals surface area contributed by atoms with Gasteiger partial charge in [0.25, 0.3) is 5.91 Å². The van der Waals surface area contributed by atoms with E-state index >= 15 is 0 Å². The molecule has 2 atom stereocenters. The van der Waals surface area contributed by atoms with E-state index in [-0.39, 0.29) is 11.9 Å². The maximum absolute atomic E-state index is 12.1. The zero-order valence-corrected chi connectivity index (χ0v) is 11.3. The number of nitrogens with one attached hydrogen (secondary N) is 1. The molecule has 2 unspecified atom stereocenters. The van der Waals surface area contributed by atoms with Crippen LogP contribution >= 0.6 is 0 Å². The van der Waals surface area contributed by atoms with Gasteiger partial charge >= 0.3 is 5.97 Å². The number of rotatable bonds is 7. The molecule has 0 aromatic carbocycles. The van der Waals surface area contributed by atoms with Crippen molar-refractivity contribution in [2.24, 2.45) is 0 Å². The summed E-state index contributed by atoms with van der Waals surface area (Å²) < 4.78 is 0.